The molecule has 4 rings (SSSR count). The molecule has 2 aliphatic rings. The lowest BCUT2D eigenvalue weighted by molar-refractivity contribution is -0.141. The van der Waals surface area contributed by atoms with Crippen LogP contribution in [0.15, 0.2) is 36.4 Å². The summed E-state index contributed by atoms with van der Waals surface area (Å²) in [6.45, 7) is 9.49. The second kappa shape index (κ2) is 7.65. The standard InChI is InChI=1S/C27H32O5/c1-25(2)11-12-26(3,4)21-14-18(8-10-19(21)25)27(15-23(28)30-5)16-32-22-13-17(24(29)31-6)7-9-20(22)27/h7-10,13-14H,11-12,15-16H2,1-6H3. The molecule has 0 saturated carbocycles. The van der Waals surface area contributed by atoms with Gasteiger partial charge in [0.15, 0.2) is 0 Å². The molecule has 0 N–H and O–H groups in total. The van der Waals surface area contributed by atoms with Gasteiger partial charge in [-0.15, -0.1) is 0 Å². The minimum atomic E-state index is -0.677. The Labute approximate surface area is 190 Å². The van der Waals surface area contributed by atoms with Crippen molar-refractivity contribution in [3.05, 3.63) is 64.2 Å². The van der Waals surface area contributed by atoms with Crippen LogP contribution in [0.25, 0.3) is 0 Å². The van der Waals surface area contributed by atoms with Gasteiger partial charge >= 0.3 is 11.9 Å². The summed E-state index contributed by atoms with van der Waals surface area (Å²) in [4.78, 5) is 24.6. The van der Waals surface area contributed by atoms with E-state index < -0.39 is 11.4 Å². The number of hydrogen-bond donors (Lipinski definition) is 0. The zero-order valence-corrected chi connectivity index (χ0v) is 19.8. The third kappa shape index (κ3) is 3.48. The van der Waals surface area contributed by atoms with E-state index in [2.05, 4.69) is 45.9 Å². The summed E-state index contributed by atoms with van der Waals surface area (Å²) in [6.07, 6.45) is 2.41. The first-order valence-electron chi connectivity index (χ1n) is 11.1. The van der Waals surface area contributed by atoms with Gasteiger partial charge in [-0.3, -0.25) is 4.79 Å². The van der Waals surface area contributed by atoms with Gasteiger partial charge in [-0.2, -0.15) is 0 Å². The molecule has 2 aromatic carbocycles. The summed E-state index contributed by atoms with van der Waals surface area (Å²) >= 11 is 0. The topological polar surface area (TPSA) is 61.8 Å². The molecule has 0 radical (unpaired) electrons. The molecule has 1 aliphatic carbocycles. The van der Waals surface area contributed by atoms with E-state index in [-0.39, 0.29) is 23.2 Å². The first-order valence-corrected chi connectivity index (χ1v) is 11.1. The molecule has 0 spiro atoms. The smallest absolute Gasteiger partial charge is 0.337 e. The first-order chi connectivity index (χ1) is 15.0. The number of ether oxygens (including phenoxy) is 3. The Balaban J connectivity index is 1.89. The fraction of sp³-hybridized carbons (Fsp3) is 0.481. The van der Waals surface area contributed by atoms with E-state index in [9.17, 15) is 9.59 Å². The molecule has 170 valence electrons. The van der Waals surface area contributed by atoms with Crippen molar-refractivity contribution in [2.45, 2.75) is 63.2 Å². The van der Waals surface area contributed by atoms with Crippen LogP contribution in [0.1, 0.15) is 79.6 Å². The Kier molecular flexibility index (Phi) is 5.35. The van der Waals surface area contributed by atoms with Gasteiger partial charge in [0.1, 0.15) is 12.4 Å². The largest absolute Gasteiger partial charge is 0.492 e. The molecular formula is C27H32O5. The molecule has 0 amide bonds. The maximum Gasteiger partial charge on any atom is 0.337 e. The lowest BCUT2D eigenvalue weighted by Gasteiger charge is -2.43. The van der Waals surface area contributed by atoms with Gasteiger partial charge in [-0.25, -0.2) is 4.79 Å². The van der Waals surface area contributed by atoms with E-state index in [0.717, 1.165) is 24.0 Å². The summed E-state index contributed by atoms with van der Waals surface area (Å²) in [5.74, 6) is -0.107. The summed E-state index contributed by atoms with van der Waals surface area (Å²) in [5, 5.41) is 0. The highest BCUT2D eigenvalue weighted by atomic mass is 16.5. The highest BCUT2D eigenvalue weighted by molar-refractivity contribution is 5.90. The number of benzene rings is 2. The number of rotatable bonds is 4. The van der Waals surface area contributed by atoms with Crippen molar-refractivity contribution in [3.63, 3.8) is 0 Å². The lowest BCUT2D eigenvalue weighted by Crippen LogP contribution is -2.37. The fourth-order valence-electron chi connectivity index (χ4n) is 5.25. The molecule has 32 heavy (non-hydrogen) atoms. The fourth-order valence-corrected chi connectivity index (χ4v) is 5.25. The van der Waals surface area contributed by atoms with Crippen molar-refractivity contribution < 1.29 is 23.8 Å². The van der Waals surface area contributed by atoms with E-state index in [0.29, 0.717) is 17.9 Å². The van der Waals surface area contributed by atoms with E-state index in [1.807, 2.05) is 6.07 Å². The van der Waals surface area contributed by atoms with E-state index in [4.69, 9.17) is 14.2 Å². The van der Waals surface area contributed by atoms with Crippen molar-refractivity contribution >= 4 is 11.9 Å². The lowest BCUT2D eigenvalue weighted by atomic mass is 9.61. The molecule has 0 bridgehead atoms. The molecule has 1 unspecified atom stereocenters. The van der Waals surface area contributed by atoms with Crippen molar-refractivity contribution in [1.82, 2.24) is 0 Å². The molecule has 0 fully saturated rings. The van der Waals surface area contributed by atoms with Crippen LogP contribution in [0.2, 0.25) is 0 Å². The molecule has 5 nitrogen and oxygen atoms in total. The van der Waals surface area contributed by atoms with Crippen molar-refractivity contribution in [2.24, 2.45) is 0 Å². The quantitative estimate of drug-likeness (QED) is 0.627. The summed E-state index contributed by atoms with van der Waals surface area (Å²) in [5.41, 5.74) is 4.53. The number of carbonyl (C=O) groups excluding carboxylic acids is 2. The van der Waals surface area contributed by atoms with Gasteiger partial charge in [0.25, 0.3) is 0 Å². The van der Waals surface area contributed by atoms with Crippen molar-refractivity contribution in [1.29, 1.82) is 0 Å². The normalized spacial score (nSPS) is 22.3. The molecule has 2 aromatic rings. The molecule has 0 aromatic heterocycles. The number of carbonyl (C=O) groups is 2. The Hall–Kier alpha value is -2.82. The minimum Gasteiger partial charge on any atom is -0.492 e. The monoisotopic (exact) mass is 436 g/mol. The van der Waals surface area contributed by atoms with Crippen LogP contribution in [-0.2, 0) is 30.5 Å². The average molecular weight is 437 g/mol. The first kappa shape index (κ1) is 22.4. The van der Waals surface area contributed by atoms with Gasteiger partial charge in [-0.05, 0) is 52.5 Å². The van der Waals surface area contributed by atoms with Gasteiger partial charge in [-0.1, -0.05) is 52.0 Å². The Morgan fingerprint density at radius 1 is 0.875 bits per heavy atom. The van der Waals surface area contributed by atoms with Crippen LogP contribution in [0.5, 0.6) is 5.75 Å². The number of fused-ring (bicyclic) bond motifs is 2. The van der Waals surface area contributed by atoms with Crippen LogP contribution in [0.3, 0.4) is 0 Å². The SMILES string of the molecule is COC(=O)CC1(c2ccc3c(c2)C(C)(C)CCC3(C)C)COc2cc(C(=O)OC)ccc21. The Bertz CT molecular complexity index is 1080. The molecule has 1 atom stereocenters. The van der Waals surface area contributed by atoms with Gasteiger partial charge in [0.05, 0.1) is 31.6 Å². The van der Waals surface area contributed by atoms with E-state index in [1.54, 1.807) is 12.1 Å². The predicted octanol–water partition coefficient (Wildman–Crippen LogP) is 5.06. The molecule has 1 aliphatic heterocycles. The number of hydrogen-bond acceptors (Lipinski definition) is 5. The molecule has 5 heteroatoms. The zero-order chi connectivity index (χ0) is 23.3. The van der Waals surface area contributed by atoms with Crippen LogP contribution in [-0.4, -0.2) is 32.8 Å². The summed E-state index contributed by atoms with van der Waals surface area (Å²) < 4.78 is 16.0. The molecule has 1 heterocycles. The maximum atomic E-state index is 12.5. The predicted molar refractivity (Wildman–Crippen MR) is 122 cm³/mol. The van der Waals surface area contributed by atoms with Gasteiger partial charge in [0, 0.05) is 5.56 Å². The number of esters is 2. The summed E-state index contributed by atoms with van der Waals surface area (Å²) in [6, 6.07) is 11.9. The molecule has 0 saturated heterocycles. The van der Waals surface area contributed by atoms with Crippen molar-refractivity contribution in [3.8, 4) is 5.75 Å². The minimum absolute atomic E-state index is 0.0460. The maximum absolute atomic E-state index is 12.5. The van der Waals surface area contributed by atoms with E-state index in [1.165, 1.54) is 25.3 Å². The third-order valence-corrected chi connectivity index (χ3v) is 7.47. The highest BCUT2D eigenvalue weighted by Gasteiger charge is 2.46. The Morgan fingerprint density at radius 3 is 2.19 bits per heavy atom. The Morgan fingerprint density at radius 2 is 1.53 bits per heavy atom. The second-order valence-electron chi connectivity index (χ2n) is 10.4. The van der Waals surface area contributed by atoms with Crippen LogP contribution in [0.4, 0.5) is 0 Å². The van der Waals surface area contributed by atoms with E-state index >= 15 is 0 Å². The van der Waals surface area contributed by atoms with Crippen molar-refractivity contribution in [2.75, 3.05) is 20.8 Å². The van der Waals surface area contributed by atoms with Gasteiger partial charge in [0.2, 0.25) is 0 Å². The number of methoxy groups -OCH3 is 2. The van der Waals surface area contributed by atoms with Crippen LogP contribution in [0, 0.1) is 0 Å². The highest BCUT2D eigenvalue weighted by Crippen LogP contribution is 2.50. The van der Waals surface area contributed by atoms with Gasteiger partial charge < -0.3 is 14.2 Å². The average Bonchev–Trinajstić information content (AvgIpc) is 3.14. The van der Waals surface area contributed by atoms with Crippen LogP contribution >= 0.6 is 0 Å². The zero-order valence-electron chi connectivity index (χ0n) is 19.8. The third-order valence-electron chi connectivity index (χ3n) is 7.47. The molecular weight excluding hydrogens is 404 g/mol. The second-order valence-corrected chi connectivity index (χ2v) is 10.4. The summed E-state index contributed by atoms with van der Waals surface area (Å²) in [7, 11) is 2.76. The van der Waals surface area contributed by atoms with Crippen LogP contribution < -0.4 is 4.74 Å².